The number of carbonyl (C=O) groups is 1. The maximum Gasteiger partial charge on any atom is 0.335 e. The molecule has 1 aromatic heterocycles. The van der Waals surface area contributed by atoms with Crippen LogP contribution >= 0.6 is 12.4 Å². The molecule has 0 aliphatic carbocycles. The van der Waals surface area contributed by atoms with E-state index in [-0.39, 0.29) is 23.4 Å². The van der Waals surface area contributed by atoms with Gasteiger partial charge in [-0.25, -0.2) is 4.79 Å². The Balaban J connectivity index is 0.00000112. The Morgan fingerprint density at radius 2 is 2.13 bits per heavy atom. The summed E-state index contributed by atoms with van der Waals surface area (Å²) in [7, 11) is 0. The van der Waals surface area contributed by atoms with Crippen molar-refractivity contribution in [3.05, 3.63) is 40.2 Å². The predicted octanol–water partition coefficient (Wildman–Crippen LogP) is 1.04. The van der Waals surface area contributed by atoms with E-state index in [1.165, 1.54) is 18.2 Å². The lowest BCUT2D eigenvalue weighted by Gasteiger charge is -1.97. The number of aromatic nitrogens is 2. The van der Waals surface area contributed by atoms with Crippen molar-refractivity contribution in [2.75, 3.05) is 0 Å². The smallest absolute Gasteiger partial charge is 0.335 e. The zero-order chi connectivity index (χ0) is 10.1. The maximum absolute atomic E-state index is 11.2. The van der Waals surface area contributed by atoms with Crippen LogP contribution in [0.2, 0.25) is 0 Å². The summed E-state index contributed by atoms with van der Waals surface area (Å²) in [4.78, 5) is 21.8. The zero-order valence-electron chi connectivity index (χ0n) is 7.43. The number of aromatic carboxylic acids is 1. The summed E-state index contributed by atoms with van der Waals surface area (Å²) in [5, 5.41) is 15.3. The van der Waals surface area contributed by atoms with Gasteiger partial charge in [0.15, 0.2) is 0 Å². The molecule has 2 N–H and O–H groups in total. The number of H-pyrrole nitrogens is 1. The molecule has 5 nitrogen and oxygen atoms in total. The van der Waals surface area contributed by atoms with Gasteiger partial charge in [0, 0.05) is 5.39 Å². The van der Waals surface area contributed by atoms with Gasteiger partial charge in [0.2, 0.25) is 5.43 Å². The summed E-state index contributed by atoms with van der Waals surface area (Å²) in [6, 6.07) is 4.24. The average molecular weight is 227 g/mol. The molecule has 0 bridgehead atoms. The number of aromatic amines is 1. The number of carboxylic acids is 1. The average Bonchev–Trinajstić information content (AvgIpc) is 2.17. The predicted molar refractivity (Wildman–Crippen MR) is 56.6 cm³/mol. The monoisotopic (exact) mass is 226 g/mol. The molecule has 0 atom stereocenters. The summed E-state index contributed by atoms with van der Waals surface area (Å²) in [5.41, 5.74) is 0.328. The fourth-order valence-corrected chi connectivity index (χ4v) is 1.21. The molecule has 0 spiro atoms. The minimum atomic E-state index is -1.03. The second kappa shape index (κ2) is 4.10. The molecule has 2 aromatic rings. The van der Waals surface area contributed by atoms with Crippen molar-refractivity contribution < 1.29 is 9.90 Å². The molecule has 0 radical (unpaired) electrons. The zero-order valence-corrected chi connectivity index (χ0v) is 8.25. The molecule has 78 valence electrons. The molecule has 0 saturated carbocycles. The third-order valence-corrected chi connectivity index (χ3v) is 1.90. The van der Waals surface area contributed by atoms with Gasteiger partial charge in [-0.2, -0.15) is 5.10 Å². The number of carboxylic acid groups (broad SMARTS) is 1. The Kier molecular flexibility index (Phi) is 3.06. The molecule has 15 heavy (non-hydrogen) atoms. The lowest BCUT2D eigenvalue weighted by atomic mass is 10.1. The van der Waals surface area contributed by atoms with Crippen LogP contribution < -0.4 is 5.43 Å². The number of hydrogen-bond acceptors (Lipinski definition) is 3. The van der Waals surface area contributed by atoms with E-state index in [0.29, 0.717) is 10.9 Å². The molecule has 0 aliphatic rings. The van der Waals surface area contributed by atoms with Crippen molar-refractivity contribution in [3.8, 4) is 0 Å². The molecule has 0 amide bonds. The summed E-state index contributed by atoms with van der Waals surface area (Å²) >= 11 is 0. The molecule has 0 fully saturated rings. The fourth-order valence-electron chi connectivity index (χ4n) is 1.21. The van der Waals surface area contributed by atoms with Crippen molar-refractivity contribution >= 4 is 29.3 Å². The van der Waals surface area contributed by atoms with E-state index >= 15 is 0 Å². The van der Waals surface area contributed by atoms with Crippen LogP contribution in [0.3, 0.4) is 0 Å². The van der Waals surface area contributed by atoms with Gasteiger partial charge in [0.05, 0.1) is 17.3 Å². The second-order valence-corrected chi connectivity index (χ2v) is 2.80. The highest BCUT2D eigenvalue weighted by Gasteiger charge is 2.04. The lowest BCUT2D eigenvalue weighted by molar-refractivity contribution is 0.0697. The van der Waals surface area contributed by atoms with E-state index in [1.807, 2.05) is 0 Å². The van der Waals surface area contributed by atoms with Gasteiger partial charge >= 0.3 is 5.97 Å². The van der Waals surface area contributed by atoms with Crippen molar-refractivity contribution in [3.63, 3.8) is 0 Å². The highest BCUT2D eigenvalue weighted by molar-refractivity contribution is 5.92. The first-order chi connectivity index (χ1) is 6.68. The number of nitrogens with one attached hydrogen (secondary N) is 1. The topological polar surface area (TPSA) is 83.0 Å². The van der Waals surface area contributed by atoms with Gasteiger partial charge in [0.1, 0.15) is 0 Å². The summed E-state index contributed by atoms with van der Waals surface area (Å²) in [5.74, 6) is -1.03. The molecular formula is C9H7ClN2O3. The second-order valence-electron chi connectivity index (χ2n) is 2.80. The number of rotatable bonds is 1. The van der Waals surface area contributed by atoms with E-state index in [9.17, 15) is 9.59 Å². The minimum Gasteiger partial charge on any atom is -0.478 e. The third kappa shape index (κ3) is 1.97. The van der Waals surface area contributed by atoms with Crippen molar-refractivity contribution in [2.24, 2.45) is 0 Å². The Morgan fingerprint density at radius 3 is 2.80 bits per heavy atom. The summed E-state index contributed by atoms with van der Waals surface area (Å²) in [6.07, 6.45) is 1.16. The van der Waals surface area contributed by atoms with Crippen LogP contribution in [-0.4, -0.2) is 21.3 Å². The van der Waals surface area contributed by atoms with E-state index in [4.69, 9.17) is 5.11 Å². The highest BCUT2D eigenvalue weighted by Crippen LogP contribution is 2.08. The number of fused-ring (bicyclic) bond motifs is 1. The van der Waals surface area contributed by atoms with Crippen LogP contribution in [0.5, 0.6) is 0 Å². The van der Waals surface area contributed by atoms with Gasteiger partial charge in [-0.05, 0) is 18.2 Å². The number of benzene rings is 1. The lowest BCUT2D eigenvalue weighted by Crippen LogP contribution is -2.04. The summed E-state index contributed by atoms with van der Waals surface area (Å²) in [6.45, 7) is 0. The Hall–Kier alpha value is -1.88. The molecular weight excluding hydrogens is 220 g/mol. The van der Waals surface area contributed by atoms with Crippen LogP contribution in [0, 0.1) is 0 Å². The van der Waals surface area contributed by atoms with Gasteiger partial charge in [-0.1, -0.05) is 0 Å². The van der Waals surface area contributed by atoms with Crippen molar-refractivity contribution in [2.45, 2.75) is 0 Å². The van der Waals surface area contributed by atoms with E-state index in [0.717, 1.165) is 6.20 Å². The first kappa shape index (κ1) is 11.2. The van der Waals surface area contributed by atoms with Gasteiger partial charge in [0.25, 0.3) is 0 Å². The van der Waals surface area contributed by atoms with Crippen LogP contribution in [0.1, 0.15) is 10.4 Å². The first-order valence-corrected chi connectivity index (χ1v) is 3.89. The minimum absolute atomic E-state index is 0. The Morgan fingerprint density at radius 1 is 1.40 bits per heavy atom. The molecule has 0 unspecified atom stereocenters. The van der Waals surface area contributed by atoms with E-state index in [2.05, 4.69) is 10.2 Å². The molecule has 0 saturated heterocycles. The van der Waals surface area contributed by atoms with Crippen molar-refractivity contribution in [1.29, 1.82) is 0 Å². The molecule has 0 aliphatic heterocycles. The number of nitrogens with zero attached hydrogens (tertiary/aromatic N) is 1. The Labute approximate surface area is 90.2 Å². The molecule has 2 rings (SSSR count). The van der Waals surface area contributed by atoms with Gasteiger partial charge in [-0.3, -0.25) is 9.89 Å². The SMILES string of the molecule is Cl.O=C(O)c1ccc2c(=O)cn[nH]c2c1. The largest absolute Gasteiger partial charge is 0.478 e. The third-order valence-electron chi connectivity index (χ3n) is 1.90. The van der Waals surface area contributed by atoms with E-state index < -0.39 is 5.97 Å². The van der Waals surface area contributed by atoms with Gasteiger partial charge < -0.3 is 5.11 Å². The maximum atomic E-state index is 11.2. The van der Waals surface area contributed by atoms with Crippen LogP contribution in [0.4, 0.5) is 0 Å². The van der Waals surface area contributed by atoms with Crippen LogP contribution in [0.25, 0.3) is 10.9 Å². The van der Waals surface area contributed by atoms with E-state index in [1.54, 1.807) is 0 Å². The fraction of sp³-hybridized carbons (Fsp3) is 0. The van der Waals surface area contributed by atoms with Crippen LogP contribution in [-0.2, 0) is 0 Å². The van der Waals surface area contributed by atoms with Crippen LogP contribution in [0.15, 0.2) is 29.2 Å². The number of hydrogen-bond donors (Lipinski definition) is 2. The molecule has 6 heteroatoms. The molecule has 1 aromatic carbocycles. The first-order valence-electron chi connectivity index (χ1n) is 3.89. The standard InChI is InChI=1S/C9H6N2O3.ClH/c12-8-4-10-11-7-3-5(9(13)14)1-2-6(7)8;/h1-4H,(H,11,12)(H,13,14);1H. The van der Waals surface area contributed by atoms with Crippen molar-refractivity contribution in [1.82, 2.24) is 10.2 Å². The molecule has 1 heterocycles. The van der Waals surface area contributed by atoms with Gasteiger partial charge in [-0.15, -0.1) is 12.4 Å². The highest BCUT2D eigenvalue weighted by atomic mass is 35.5. The normalized spacial score (nSPS) is 9.60. The number of halogens is 1. The Bertz CT molecular complexity index is 565. The summed E-state index contributed by atoms with van der Waals surface area (Å²) < 4.78 is 0. The quantitative estimate of drug-likeness (QED) is 0.761.